The number of hydrogen-bond acceptors (Lipinski definition) is 7. The number of carboxylic acids is 1. The van der Waals surface area contributed by atoms with Crippen LogP contribution in [0.25, 0.3) is 0 Å². The summed E-state index contributed by atoms with van der Waals surface area (Å²) in [5, 5.41) is 17.1. The highest BCUT2D eigenvalue weighted by molar-refractivity contribution is 5.94. The molecule has 0 aliphatic carbocycles. The molecule has 35 heavy (non-hydrogen) atoms. The Morgan fingerprint density at radius 2 is 1.66 bits per heavy atom. The number of primary amides is 1. The van der Waals surface area contributed by atoms with E-state index in [1.807, 2.05) is 6.92 Å². The van der Waals surface area contributed by atoms with Gasteiger partial charge in [-0.3, -0.25) is 19.2 Å². The lowest BCUT2D eigenvalue weighted by atomic mass is 9.96. The van der Waals surface area contributed by atoms with E-state index in [0.29, 0.717) is 12.1 Å². The lowest BCUT2D eigenvalue weighted by Gasteiger charge is -2.28. The number of aromatic nitrogens is 2. The first-order valence-corrected chi connectivity index (χ1v) is 11.5. The molecule has 0 aromatic carbocycles. The summed E-state index contributed by atoms with van der Waals surface area (Å²) in [6.07, 6.45) is 3.36. The van der Waals surface area contributed by atoms with Crippen LogP contribution >= 0.6 is 0 Å². The highest BCUT2D eigenvalue weighted by atomic mass is 16.4. The van der Waals surface area contributed by atoms with Crippen LogP contribution in [0.3, 0.4) is 0 Å². The first-order chi connectivity index (χ1) is 16.4. The average Bonchev–Trinajstić information content (AvgIpc) is 3.30. The number of carbonyl (C=O) groups is 5. The number of amides is 4. The summed E-state index contributed by atoms with van der Waals surface area (Å²) in [4.78, 5) is 68.0. The van der Waals surface area contributed by atoms with Crippen LogP contribution < -0.4 is 27.4 Å². The topological polar surface area (TPSA) is 222 Å². The highest BCUT2D eigenvalue weighted by Crippen LogP contribution is 2.11. The molecule has 0 spiro atoms. The standard InChI is InChI=1S/C22H37N7O6/c1-5-12(4)18(21(33)28-17(11(2)3)22(34)35)29-20(32)15(8-13-9-25-10-26-13)27-19(31)14(23)6-7-16(24)30/h9-12,14-15,17-18H,5-8,23H2,1-4H3,(H2,24,30)(H,25,26)(H,27,31)(H,28,33)(H,29,32)(H,34,35). The maximum Gasteiger partial charge on any atom is 0.326 e. The Labute approximate surface area is 204 Å². The van der Waals surface area contributed by atoms with Gasteiger partial charge in [0.05, 0.1) is 12.4 Å². The maximum atomic E-state index is 13.2. The number of hydrogen-bond donors (Lipinski definition) is 7. The molecular weight excluding hydrogens is 458 g/mol. The molecule has 0 fully saturated rings. The SMILES string of the molecule is CCC(C)C(NC(=O)C(Cc1cnc[nH]1)NC(=O)C(N)CCC(N)=O)C(=O)NC(C(=O)O)C(C)C. The van der Waals surface area contributed by atoms with Gasteiger partial charge in [-0.15, -0.1) is 0 Å². The molecule has 13 nitrogen and oxygen atoms in total. The summed E-state index contributed by atoms with van der Waals surface area (Å²) >= 11 is 0. The number of imidazole rings is 1. The number of carboxylic acid groups (broad SMARTS) is 1. The van der Waals surface area contributed by atoms with E-state index in [0.717, 1.165) is 0 Å². The van der Waals surface area contributed by atoms with Gasteiger partial charge in [0.15, 0.2) is 0 Å². The molecule has 0 aliphatic heterocycles. The fourth-order valence-electron chi connectivity index (χ4n) is 3.25. The Bertz CT molecular complexity index is 874. The van der Waals surface area contributed by atoms with Crippen molar-refractivity contribution in [1.29, 1.82) is 0 Å². The van der Waals surface area contributed by atoms with Crippen molar-refractivity contribution < 1.29 is 29.1 Å². The minimum atomic E-state index is -1.18. The van der Waals surface area contributed by atoms with Crippen LogP contribution in [-0.2, 0) is 30.4 Å². The second-order valence-corrected chi connectivity index (χ2v) is 8.89. The van der Waals surface area contributed by atoms with Gasteiger partial charge in [-0.25, -0.2) is 9.78 Å². The molecule has 1 aromatic heterocycles. The smallest absolute Gasteiger partial charge is 0.326 e. The van der Waals surface area contributed by atoms with Gasteiger partial charge in [-0.2, -0.15) is 0 Å². The maximum absolute atomic E-state index is 13.2. The number of aliphatic carboxylic acids is 1. The average molecular weight is 496 g/mol. The fourth-order valence-corrected chi connectivity index (χ4v) is 3.25. The monoisotopic (exact) mass is 495 g/mol. The van der Waals surface area contributed by atoms with E-state index < -0.39 is 53.8 Å². The van der Waals surface area contributed by atoms with E-state index in [1.54, 1.807) is 20.8 Å². The van der Waals surface area contributed by atoms with Crippen LogP contribution in [-0.4, -0.2) is 68.8 Å². The molecule has 1 heterocycles. The molecule has 0 bridgehead atoms. The molecule has 1 rings (SSSR count). The van der Waals surface area contributed by atoms with E-state index in [-0.39, 0.29) is 31.1 Å². The lowest BCUT2D eigenvalue weighted by molar-refractivity contribution is -0.144. The Kier molecular flexibility index (Phi) is 11.9. The normalized spacial score (nSPS) is 15.4. The van der Waals surface area contributed by atoms with Gasteiger partial charge in [-0.05, 0) is 18.3 Å². The van der Waals surface area contributed by atoms with Crippen molar-refractivity contribution in [2.45, 2.75) is 77.5 Å². The van der Waals surface area contributed by atoms with Gasteiger partial charge >= 0.3 is 5.97 Å². The Balaban J connectivity index is 3.06. The van der Waals surface area contributed by atoms with Crippen LogP contribution in [0.4, 0.5) is 0 Å². The third-order valence-corrected chi connectivity index (χ3v) is 5.67. The first-order valence-electron chi connectivity index (χ1n) is 11.5. The summed E-state index contributed by atoms with van der Waals surface area (Å²) in [7, 11) is 0. The molecule has 4 amide bonds. The van der Waals surface area contributed by atoms with Crippen LogP contribution in [0.2, 0.25) is 0 Å². The second kappa shape index (κ2) is 14.0. The van der Waals surface area contributed by atoms with Crippen molar-refractivity contribution in [2.75, 3.05) is 0 Å². The summed E-state index contributed by atoms with van der Waals surface area (Å²) in [6.45, 7) is 6.90. The van der Waals surface area contributed by atoms with Crippen molar-refractivity contribution in [1.82, 2.24) is 25.9 Å². The van der Waals surface area contributed by atoms with Crippen molar-refractivity contribution >= 4 is 29.6 Å². The lowest BCUT2D eigenvalue weighted by Crippen LogP contribution is -2.59. The minimum Gasteiger partial charge on any atom is -0.480 e. The van der Waals surface area contributed by atoms with Crippen LogP contribution in [0.15, 0.2) is 12.5 Å². The van der Waals surface area contributed by atoms with Gasteiger partial charge in [0.1, 0.15) is 18.1 Å². The summed E-state index contributed by atoms with van der Waals surface area (Å²) < 4.78 is 0. The zero-order chi connectivity index (χ0) is 26.7. The van der Waals surface area contributed by atoms with E-state index in [2.05, 4.69) is 25.9 Å². The van der Waals surface area contributed by atoms with Crippen LogP contribution in [0.5, 0.6) is 0 Å². The van der Waals surface area contributed by atoms with E-state index >= 15 is 0 Å². The molecule has 0 aliphatic rings. The number of nitrogens with zero attached hydrogens (tertiary/aromatic N) is 1. The fraction of sp³-hybridized carbons (Fsp3) is 0.636. The molecule has 0 saturated heterocycles. The summed E-state index contributed by atoms with van der Waals surface area (Å²) in [5.74, 6) is -4.46. The van der Waals surface area contributed by atoms with Crippen molar-refractivity contribution in [3.63, 3.8) is 0 Å². The molecule has 1 aromatic rings. The van der Waals surface area contributed by atoms with E-state index in [4.69, 9.17) is 11.5 Å². The minimum absolute atomic E-state index is 0.00322. The summed E-state index contributed by atoms with van der Waals surface area (Å²) in [5.41, 5.74) is 11.5. The van der Waals surface area contributed by atoms with E-state index in [9.17, 15) is 29.1 Å². The van der Waals surface area contributed by atoms with Gasteiger partial charge in [0.25, 0.3) is 0 Å². The van der Waals surface area contributed by atoms with Crippen LogP contribution in [0, 0.1) is 11.8 Å². The Morgan fingerprint density at radius 1 is 1.03 bits per heavy atom. The molecule has 5 atom stereocenters. The number of rotatable bonds is 15. The van der Waals surface area contributed by atoms with Crippen molar-refractivity contribution in [3.8, 4) is 0 Å². The first kappa shape index (κ1) is 29.6. The summed E-state index contributed by atoms with van der Waals surface area (Å²) in [6, 6.07) is -4.37. The zero-order valence-corrected chi connectivity index (χ0v) is 20.5. The van der Waals surface area contributed by atoms with Crippen molar-refractivity contribution in [2.24, 2.45) is 23.3 Å². The third-order valence-electron chi connectivity index (χ3n) is 5.67. The molecule has 9 N–H and O–H groups in total. The second-order valence-electron chi connectivity index (χ2n) is 8.89. The number of nitrogens with two attached hydrogens (primary N) is 2. The molecular formula is C22H37N7O6. The van der Waals surface area contributed by atoms with Gasteiger partial charge in [0.2, 0.25) is 23.6 Å². The van der Waals surface area contributed by atoms with E-state index in [1.165, 1.54) is 12.5 Å². The van der Waals surface area contributed by atoms with Gasteiger partial charge in [0, 0.05) is 24.7 Å². The molecule has 0 saturated carbocycles. The van der Waals surface area contributed by atoms with Crippen molar-refractivity contribution in [3.05, 3.63) is 18.2 Å². The van der Waals surface area contributed by atoms with Gasteiger partial charge in [-0.1, -0.05) is 34.1 Å². The molecule has 196 valence electrons. The highest BCUT2D eigenvalue weighted by Gasteiger charge is 2.33. The Hall–Kier alpha value is -3.48. The number of nitrogens with one attached hydrogen (secondary N) is 4. The number of H-pyrrole nitrogens is 1. The quantitative estimate of drug-likeness (QED) is 0.156. The largest absolute Gasteiger partial charge is 0.480 e. The predicted octanol–water partition coefficient (Wildman–Crippen LogP) is -1.21. The zero-order valence-electron chi connectivity index (χ0n) is 20.5. The number of carbonyl (C=O) groups excluding carboxylic acids is 4. The van der Waals surface area contributed by atoms with Gasteiger partial charge < -0.3 is 37.5 Å². The van der Waals surface area contributed by atoms with Crippen LogP contribution in [0.1, 0.15) is 52.7 Å². The molecule has 5 unspecified atom stereocenters. The Morgan fingerprint density at radius 3 is 2.14 bits per heavy atom. The number of aromatic amines is 1. The molecule has 0 radical (unpaired) electrons. The predicted molar refractivity (Wildman–Crippen MR) is 126 cm³/mol. The molecule has 13 heteroatoms. The third kappa shape index (κ3) is 9.73.